The van der Waals surface area contributed by atoms with E-state index in [4.69, 9.17) is 4.74 Å². The van der Waals surface area contributed by atoms with Gasteiger partial charge >= 0.3 is 5.97 Å². The van der Waals surface area contributed by atoms with Crippen molar-refractivity contribution >= 4 is 11.9 Å². The summed E-state index contributed by atoms with van der Waals surface area (Å²) in [6.07, 6.45) is 2.86. The molecule has 1 aromatic rings. The summed E-state index contributed by atoms with van der Waals surface area (Å²) < 4.78 is 5.38. The van der Waals surface area contributed by atoms with E-state index in [1.54, 1.807) is 4.90 Å². The molecule has 1 amide bonds. The van der Waals surface area contributed by atoms with E-state index in [9.17, 15) is 9.59 Å². The molecule has 0 saturated carbocycles. The molecule has 0 unspecified atom stereocenters. The standard InChI is InChI=1S/C21H33NO3/c1-8-10-17-11-16(9-2)12-18(13-17)20(24)22(15(3)4)14-19(23)25-21(5,6)7/h11-13,15H,8-10,14H2,1-7H3. The van der Waals surface area contributed by atoms with Crippen LogP contribution in [0.2, 0.25) is 0 Å². The van der Waals surface area contributed by atoms with Crippen molar-refractivity contribution in [3.05, 3.63) is 34.9 Å². The lowest BCUT2D eigenvalue weighted by Gasteiger charge is -2.28. The molecule has 0 heterocycles. The van der Waals surface area contributed by atoms with Crippen molar-refractivity contribution in [2.75, 3.05) is 6.54 Å². The summed E-state index contributed by atoms with van der Waals surface area (Å²) in [5.74, 6) is -0.497. The Bertz CT molecular complexity index is 600. The maximum absolute atomic E-state index is 13.0. The zero-order valence-electron chi connectivity index (χ0n) is 16.8. The minimum Gasteiger partial charge on any atom is -0.459 e. The fraction of sp³-hybridized carbons (Fsp3) is 0.619. The lowest BCUT2D eigenvalue weighted by molar-refractivity contribution is -0.155. The third-order valence-electron chi connectivity index (χ3n) is 3.85. The highest BCUT2D eigenvalue weighted by molar-refractivity contribution is 5.96. The number of benzene rings is 1. The number of carbonyl (C=O) groups excluding carboxylic acids is 2. The number of ether oxygens (including phenoxy) is 1. The van der Waals surface area contributed by atoms with Gasteiger partial charge < -0.3 is 9.64 Å². The van der Waals surface area contributed by atoms with Crippen LogP contribution in [0.3, 0.4) is 0 Å². The largest absolute Gasteiger partial charge is 0.459 e. The summed E-state index contributed by atoms with van der Waals surface area (Å²) in [4.78, 5) is 26.8. The highest BCUT2D eigenvalue weighted by Gasteiger charge is 2.25. The Morgan fingerprint density at radius 2 is 1.68 bits per heavy atom. The van der Waals surface area contributed by atoms with Gasteiger partial charge in [0.25, 0.3) is 5.91 Å². The van der Waals surface area contributed by atoms with Gasteiger partial charge in [-0.3, -0.25) is 9.59 Å². The van der Waals surface area contributed by atoms with Crippen LogP contribution in [0.25, 0.3) is 0 Å². The van der Waals surface area contributed by atoms with E-state index in [1.807, 2.05) is 46.8 Å². The maximum atomic E-state index is 13.0. The number of hydrogen-bond acceptors (Lipinski definition) is 3. The molecule has 0 fully saturated rings. The summed E-state index contributed by atoms with van der Waals surface area (Å²) in [7, 11) is 0. The first kappa shape index (κ1) is 21.2. The average molecular weight is 347 g/mol. The number of esters is 1. The molecule has 4 nitrogen and oxygen atoms in total. The highest BCUT2D eigenvalue weighted by atomic mass is 16.6. The molecule has 0 atom stereocenters. The molecule has 0 spiro atoms. The summed E-state index contributed by atoms with van der Waals surface area (Å²) in [6.45, 7) is 13.5. The van der Waals surface area contributed by atoms with Crippen molar-refractivity contribution in [3.63, 3.8) is 0 Å². The first-order chi connectivity index (χ1) is 11.6. The van der Waals surface area contributed by atoms with E-state index in [0.29, 0.717) is 5.56 Å². The number of rotatable bonds is 7. The van der Waals surface area contributed by atoms with E-state index in [0.717, 1.165) is 24.8 Å². The Hall–Kier alpha value is -1.84. The molecule has 0 aliphatic carbocycles. The lowest BCUT2D eigenvalue weighted by Crippen LogP contribution is -2.42. The molecular formula is C21H33NO3. The second-order valence-corrected chi connectivity index (χ2v) is 7.75. The van der Waals surface area contributed by atoms with Gasteiger partial charge in [0.2, 0.25) is 0 Å². The fourth-order valence-electron chi connectivity index (χ4n) is 2.69. The highest BCUT2D eigenvalue weighted by Crippen LogP contribution is 2.17. The molecule has 1 aromatic carbocycles. The molecule has 0 aromatic heterocycles. The van der Waals surface area contributed by atoms with Gasteiger partial charge in [0, 0.05) is 11.6 Å². The zero-order valence-corrected chi connectivity index (χ0v) is 16.8. The predicted octanol–water partition coefficient (Wildman–Crippen LogP) is 4.39. The van der Waals surface area contributed by atoms with E-state index < -0.39 is 5.60 Å². The molecule has 4 heteroatoms. The van der Waals surface area contributed by atoms with Crippen LogP contribution < -0.4 is 0 Å². The van der Waals surface area contributed by atoms with Gasteiger partial charge in [-0.15, -0.1) is 0 Å². The predicted molar refractivity (Wildman–Crippen MR) is 102 cm³/mol. The smallest absolute Gasteiger partial charge is 0.326 e. The first-order valence-corrected chi connectivity index (χ1v) is 9.23. The van der Waals surface area contributed by atoms with E-state index in [-0.39, 0.29) is 24.5 Å². The van der Waals surface area contributed by atoms with Crippen LogP contribution in [0.15, 0.2) is 18.2 Å². The van der Waals surface area contributed by atoms with Crippen molar-refractivity contribution in [1.82, 2.24) is 4.90 Å². The van der Waals surface area contributed by atoms with Crippen LogP contribution >= 0.6 is 0 Å². The van der Waals surface area contributed by atoms with Gasteiger partial charge in [-0.25, -0.2) is 0 Å². The minimum absolute atomic E-state index is 0.0345. The van der Waals surface area contributed by atoms with Gasteiger partial charge in [0.05, 0.1) is 0 Å². The van der Waals surface area contributed by atoms with Crippen LogP contribution in [0, 0.1) is 0 Å². The van der Waals surface area contributed by atoms with Gasteiger partial charge in [-0.05, 0) is 70.7 Å². The van der Waals surface area contributed by atoms with Crippen molar-refractivity contribution in [1.29, 1.82) is 0 Å². The average Bonchev–Trinajstić information content (AvgIpc) is 2.50. The van der Waals surface area contributed by atoms with Gasteiger partial charge in [0.1, 0.15) is 12.1 Å². The molecule has 0 bridgehead atoms. The minimum atomic E-state index is -0.556. The quantitative estimate of drug-likeness (QED) is 0.687. The van der Waals surface area contributed by atoms with Crippen LogP contribution in [0.4, 0.5) is 0 Å². The topological polar surface area (TPSA) is 46.6 Å². The van der Waals surface area contributed by atoms with E-state index >= 15 is 0 Å². The second kappa shape index (κ2) is 9.02. The van der Waals surface area contributed by atoms with Crippen LogP contribution in [0.1, 0.15) is 76.4 Å². The molecule has 0 radical (unpaired) electrons. The monoisotopic (exact) mass is 347 g/mol. The lowest BCUT2D eigenvalue weighted by atomic mass is 10.00. The normalized spacial score (nSPS) is 11.5. The summed E-state index contributed by atoms with van der Waals surface area (Å²) in [5, 5.41) is 0. The van der Waals surface area contributed by atoms with Gasteiger partial charge in [0.15, 0.2) is 0 Å². The SMILES string of the molecule is CCCc1cc(CC)cc(C(=O)N(CC(=O)OC(C)(C)C)C(C)C)c1. The Kier molecular flexibility index (Phi) is 7.65. The van der Waals surface area contributed by atoms with Crippen LogP contribution in [0.5, 0.6) is 0 Å². The first-order valence-electron chi connectivity index (χ1n) is 9.23. The second-order valence-electron chi connectivity index (χ2n) is 7.75. The molecule has 25 heavy (non-hydrogen) atoms. The van der Waals surface area contributed by atoms with Crippen molar-refractivity contribution in [2.24, 2.45) is 0 Å². The maximum Gasteiger partial charge on any atom is 0.326 e. The molecule has 140 valence electrons. The molecule has 0 aliphatic heterocycles. The Balaban J connectivity index is 3.06. The number of amides is 1. The Morgan fingerprint density at radius 3 is 2.16 bits per heavy atom. The Morgan fingerprint density at radius 1 is 1.08 bits per heavy atom. The summed E-state index contributed by atoms with van der Waals surface area (Å²) in [5.41, 5.74) is 2.42. The molecule has 0 saturated heterocycles. The fourth-order valence-corrected chi connectivity index (χ4v) is 2.69. The number of nitrogens with zero attached hydrogens (tertiary/aromatic N) is 1. The van der Waals surface area contributed by atoms with Gasteiger partial charge in [-0.2, -0.15) is 0 Å². The molecule has 0 aliphatic rings. The molecular weight excluding hydrogens is 314 g/mol. The van der Waals surface area contributed by atoms with Crippen molar-refractivity contribution < 1.29 is 14.3 Å². The summed E-state index contributed by atoms with van der Waals surface area (Å²) >= 11 is 0. The van der Waals surface area contributed by atoms with Crippen molar-refractivity contribution in [2.45, 2.75) is 79.4 Å². The van der Waals surface area contributed by atoms with Gasteiger partial charge in [-0.1, -0.05) is 26.3 Å². The summed E-state index contributed by atoms with van der Waals surface area (Å²) in [6, 6.07) is 5.97. The zero-order chi connectivity index (χ0) is 19.2. The third-order valence-corrected chi connectivity index (χ3v) is 3.85. The van der Waals surface area contributed by atoms with Crippen molar-refractivity contribution in [3.8, 4) is 0 Å². The molecule has 0 N–H and O–H groups in total. The van der Waals surface area contributed by atoms with Crippen LogP contribution in [-0.4, -0.2) is 35.0 Å². The van der Waals surface area contributed by atoms with Crippen LogP contribution in [-0.2, 0) is 22.4 Å². The number of carbonyl (C=O) groups is 2. The number of aryl methyl sites for hydroxylation is 2. The third kappa shape index (κ3) is 6.89. The molecule has 1 rings (SSSR count). The van der Waals surface area contributed by atoms with E-state index in [2.05, 4.69) is 19.9 Å². The number of hydrogen-bond donors (Lipinski definition) is 0. The van der Waals surface area contributed by atoms with E-state index in [1.165, 1.54) is 5.56 Å². The Labute approximate surface area is 152 Å².